The van der Waals surface area contributed by atoms with E-state index in [1.54, 1.807) is 0 Å². The first-order valence-electron chi connectivity index (χ1n) is 7.87. The Labute approximate surface area is 124 Å². The van der Waals surface area contributed by atoms with E-state index in [0.29, 0.717) is 19.0 Å². The van der Waals surface area contributed by atoms with E-state index in [2.05, 4.69) is 17.4 Å². The van der Waals surface area contributed by atoms with Crippen LogP contribution in [0.5, 0.6) is 0 Å². The van der Waals surface area contributed by atoms with Crippen molar-refractivity contribution < 1.29 is 9.59 Å². The molecule has 1 atom stereocenters. The molecule has 21 heavy (non-hydrogen) atoms. The maximum atomic E-state index is 12.4. The number of nitrogens with zero attached hydrogens (tertiary/aromatic N) is 1. The van der Waals surface area contributed by atoms with Gasteiger partial charge in [0, 0.05) is 25.0 Å². The van der Waals surface area contributed by atoms with E-state index >= 15 is 0 Å². The van der Waals surface area contributed by atoms with Crippen molar-refractivity contribution in [1.29, 1.82) is 0 Å². The Balaban J connectivity index is 1.36. The zero-order valence-corrected chi connectivity index (χ0v) is 12.0. The van der Waals surface area contributed by atoms with Crippen LogP contribution in [0.25, 0.3) is 0 Å². The molecule has 0 spiro atoms. The first kappa shape index (κ1) is 12.9. The fourth-order valence-electron chi connectivity index (χ4n) is 3.63. The number of benzene rings is 1. The SMILES string of the molecule is O=C(NC1Cc2ccccc2C1)C1CC(=O)N(C2CC2)C1. The molecule has 1 aromatic rings. The van der Waals surface area contributed by atoms with Crippen molar-refractivity contribution in [3.8, 4) is 0 Å². The van der Waals surface area contributed by atoms with Crippen molar-refractivity contribution in [2.24, 2.45) is 5.92 Å². The highest BCUT2D eigenvalue weighted by Crippen LogP contribution is 2.32. The Morgan fingerprint density at radius 1 is 1.10 bits per heavy atom. The fourth-order valence-corrected chi connectivity index (χ4v) is 3.63. The lowest BCUT2D eigenvalue weighted by Crippen LogP contribution is -2.40. The number of fused-ring (bicyclic) bond motifs is 1. The number of carbonyl (C=O) groups is 2. The first-order chi connectivity index (χ1) is 10.2. The highest BCUT2D eigenvalue weighted by atomic mass is 16.2. The lowest BCUT2D eigenvalue weighted by atomic mass is 10.1. The van der Waals surface area contributed by atoms with Crippen LogP contribution in [0, 0.1) is 5.92 Å². The summed E-state index contributed by atoms with van der Waals surface area (Å²) in [6, 6.07) is 8.98. The minimum absolute atomic E-state index is 0.0595. The molecule has 1 aliphatic heterocycles. The van der Waals surface area contributed by atoms with Crippen LogP contribution in [-0.4, -0.2) is 35.3 Å². The zero-order valence-electron chi connectivity index (χ0n) is 12.0. The highest BCUT2D eigenvalue weighted by Gasteiger charge is 2.42. The predicted octanol–water partition coefficient (Wildman–Crippen LogP) is 1.28. The summed E-state index contributed by atoms with van der Waals surface area (Å²) in [5.74, 6) is 0.0680. The van der Waals surface area contributed by atoms with Gasteiger partial charge >= 0.3 is 0 Å². The second kappa shape index (κ2) is 4.86. The standard InChI is InChI=1S/C17H20N2O2/c20-16-9-13(10-19(16)15-5-6-15)17(21)18-14-7-11-3-1-2-4-12(11)8-14/h1-4,13-15H,5-10H2,(H,18,21). The summed E-state index contributed by atoms with van der Waals surface area (Å²) in [6.07, 6.45) is 4.43. The maximum absolute atomic E-state index is 12.4. The third kappa shape index (κ3) is 2.43. The summed E-state index contributed by atoms with van der Waals surface area (Å²) < 4.78 is 0. The van der Waals surface area contributed by atoms with Gasteiger partial charge in [0.2, 0.25) is 11.8 Å². The molecule has 1 saturated carbocycles. The molecule has 0 bridgehead atoms. The van der Waals surface area contributed by atoms with Crippen molar-refractivity contribution in [3.63, 3.8) is 0 Å². The molecule has 1 aromatic carbocycles. The van der Waals surface area contributed by atoms with Crippen LogP contribution in [0.15, 0.2) is 24.3 Å². The molecule has 1 unspecified atom stereocenters. The quantitative estimate of drug-likeness (QED) is 0.909. The van der Waals surface area contributed by atoms with Gasteiger partial charge in [0.05, 0.1) is 5.92 Å². The second-order valence-corrected chi connectivity index (χ2v) is 6.56. The largest absolute Gasteiger partial charge is 0.352 e. The Morgan fingerprint density at radius 2 is 1.76 bits per heavy atom. The number of hydrogen-bond donors (Lipinski definition) is 1. The van der Waals surface area contributed by atoms with Crippen molar-refractivity contribution in [1.82, 2.24) is 10.2 Å². The minimum atomic E-state index is -0.151. The van der Waals surface area contributed by atoms with Gasteiger partial charge in [-0.25, -0.2) is 0 Å². The van der Waals surface area contributed by atoms with E-state index in [0.717, 1.165) is 25.7 Å². The number of likely N-dealkylation sites (tertiary alicyclic amines) is 1. The molecular weight excluding hydrogens is 264 g/mol. The van der Waals surface area contributed by atoms with Gasteiger partial charge in [0.15, 0.2) is 0 Å². The van der Waals surface area contributed by atoms with Gasteiger partial charge in [-0.05, 0) is 36.8 Å². The molecule has 4 nitrogen and oxygen atoms in total. The second-order valence-electron chi connectivity index (χ2n) is 6.56. The Kier molecular flexibility index (Phi) is 2.98. The van der Waals surface area contributed by atoms with Crippen LogP contribution in [0.1, 0.15) is 30.4 Å². The Hall–Kier alpha value is -1.84. The molecule has 110 valence electrons. The third-order valence-corrected chi connectivity index (χ3v) is 4.91. The lowest BCUT2D eigenvalue weighted by Gasteiger charge is -2.17. The molecule has 4 heteroatoms. The van der Waals surface area contributed by atoms with E-state index in [-0.39, 0.29) is 23.8 Å². The summed E-state index contributed by atoms with van der Waals surface area (Å²) >= 11 is 0. The van der Waals surface area contributed by atoms with Gasteiger partial charge < -0.3 is 10.2 Å². The summed E-state index contributed by atoms with van der Waals surface area (Å²) in [7, 11) is 0. The van der Waals surface area contributed by atoms with Gasteiger partial charge in [0.25, 0.3) is 0 Å². The van der Waals surface area contributed by atoms with Crippen LogP contribution >= 0.6 is 0 Å². The Morgan fingerprint density at radius 3 is 2.38 bits per heavy atom. The Bertz CT molecular complexity index is 569. The van der Waals surface area contributed by atoms with Crippen LogP contribution in [0.2, 0.25) is 0 Å². The molecule has 1 saturated heterocycles. The number of amides is 2. The third-order valence-electron chi connectivity index (χ3n) is 4.91. The van der Waals surface area contributed by atoms with Crippen LogP contribution in [-0.2, 0) is 22.4 Å². The van der Waals surface area contributed by atoms with Crippen molar-refractivity contribution >= 4 is 11.8 Å². The first-order valence-corrected chi connectivity index (χ1v) is 7.87. The van der Waals surface area contributed by atoms with Gasteiger partial charge in [0.1, 0.15) is 0 Å². The predicted molar refractivity (Wildman–Crippen MR) is 78.6 cm³/mol. The molecule has 2 fully saturated rings. The summed E-state index contributed by atoms with van der Waals surface area (Å²) in [4.78, 5) is 26.2. The summed E-state index contributed by atoms with van der Waals surface area (Å²) in [5.41, 5.74) is 2.68. The average Bonchev–Trinajstić information content (AvgIpc) is 3.11. The normalized spacial score (nSPS) is 25.2. The van der Waals surface area contributed by atoms with E-state index in [1.165, 1.54) is 11.1 Å². The van der Waals surface area contributed by atoms with Crippen LogP contribution in [0.4, 0.5) is 0 Å². The summed E-state index contributed by atoms with van der Waals surface area (Å²) in [5, 5.41) is 3.15. The number of rotatable bonds is 3. The fraction of sp³-hybridized carbons (Fsp3) is 0.529. The molecular formula is C17H20N2O2. The van der Waals surface area contributed by atoms with Gasteiger partial charge in [-0.3, -0.25) is 9.59 Å². The minimum Gasteiger partial charge on any atom is -0.352 e. The molecule has 1 N–H and O–H groups in total. The molecule has 1 heterocycles. The average molecular weight is 284 g/mol. The number of carbonyl (C=O) groups excluding carboxylic acids is 2. The molecule has 2 aliphatic carbocycles. The van der Waals surface area contributed by atoms with Gasteiger partial charge in [-0.1, -0.05) is 24.3 Å². The van der Waals surface area contributed by atoms with E-state index < -0.39 is 0 Å². The van der Waals surface area contributed by atoms with E-state index in [1.807, 2.05) is 17.0 Å². The smallest absolute Gasteiger partial charge is 0.225 e. The van der Waals surface area contributed by atoms with Crippen LogP contribution < -0.4 is 5.32 Å². The number of hydrogen-bond acceptors (Lipinski definition) is 2. The van der Waals surface area contributed by atoms with Gasteiger partial charge in [-0.2, -0.15) is 0 Å². The molecule has 3 aliphatic rings. The van der Waals surface area contributed by atoms with Gasteiger partial charge in [-0.15, -0.1) is 0 Å². The monoisotopic (exact) mass is 284 g/mol. The van der Waals surface area contributed by atoms with E-state index in [9.17, 15) is 9.59 Å². The lowest BCUT2D eigenvalue weighted by molar-refractivity contribution is -0.129. The molecule has 0 radical (unpaired) electrons. The van der Waals surface area contributed by atoms with Crippen molar-refractivity contribution in [2.45, 2.75) is 44.2 Å². The highest BCUT2D eigenvalue weighted by molar-refractivity contribution is 5.89. The zero-order chi connectivity index (χ0) is 14.4. The molecule has 4 rings (SSSR count). The molecule has 0 aromatic heterocycles. The van der Waals surface area contributed by atoms with Crippen molar-refractivity contribution in [2.75, 3.05) is 6.54 Å². The topological polar surface area (TPSA) is 49.4 Å². The summed E-state index contributed by atoms with van der Waals surface area (Å²) in [6.45, 7) is 0.620. The number of nitrogens with one attached hydrogen (secondary N) is 1. The molecule has 2 amide bonds. The maximum Gasteiger partial charge on any atom is 0.225 e. The van der Waals surface area contributed by atoms with Crippen molar-refractivity contribution in [3.05, 3.63) is 35.4 Å². The van der Waals surface area contributed by atoms with Crippen LogP contribution in [0.3, 0.4) is 0 Å². The van der Waals surface area contributed by atoms with E-state index in [4.69, 9.17) is 0 Å².